The van der Waals surface area contributed by atoms with Crippen molar-refractivity contribution in [3.63, 3.8) is 0 Å². The lowest BCUT2D eigenvalue weighted by molar-refractivity contribution is 0.215. The van der Waals surface area contributed by atoms with Crippen molar-refractivity contribution in [1.29, 1.82) is 0 Å². The van der Waals surface area contributed by atoms with Crippen molar-refractivity contribution in [3.8, 4) is 11.5 Å². The number of rotatable bonds is 4. The summed E-state index contributed by atoms with van der Waals surface area (Å²) in [5, 5.41) is 2.65. The van der Waals surface area contributed by atoms with Gasteiger partial charge in [0.1, 0.15) is 11.5 Å². The van der Waals surface area contributed by atoms with E-state index in [-0.39, 0.29) is 0 Å². The first-order chi connectivity index (χ1) is 9.67. The van der Waals surface area contributed by atoms with E-state index in [1.165, 1.54) is 0 Å². The van der Waals surface area contributed by atoms with Crippen molar-refractivity contribution in [2.45, 2.75) is 6.92 Å². The van der Waals surface area contributed by atoms with Gasteiger partial charge in [0, 0.05) is 10.2 Å². The molecule has 0 saturated heterocycles. The zero-order chi connectivity index (χ0) is 14.4. The molecule has 5 heteroatoms. The predicted molar refractivity (Wildman–Crippen MR) is 81.4 cm³/mol. The molecule has 0 aliphatic heterocycles. The molecule has 0 saturated carbocycles. The molecule has 0 radical (unpaired) electrons. The molecule has 0 aliphatic rings. The van der Waals surface area contributed by atoms with Crippen LogP contribution >= 0.6 is 15.9 Å². The third kappa shape index (κ3) is 4.28. The highest BCUT2D eigenvalue weighted by Crippen LogP contribution is 2.18. The first-order valence-electron chi connectivity index (χ1n) is 6.14. The molecule has 20 heavy (non-hydrogen) atoms. The summed E-state index contributed by atoms with van der Waals surface area (Å²) in [4.78, 5) is 11.7. The van der Waals surface area contributed by atoms with Gasteiger partial charge in [0.2, 0.25) is 0 Å². The second-order valence-corrected chi connectivity index (χ2v) is 4.84. The molecule has 0 unspecified atom stereocenters. The lowest BCUT2D eigenvalue weighted by atomic mass is 10.3. The molecule has 104 valence electrons. The minimum absolute atomic E-state index is 0.483. The van der Waals surface area contributed by atoms with Crippen LogP contribution in [0.3, 0.4) is 0 Å². The number of carbonyl (C=O) groups excluding carboxylic acids is 1. The van der Waals surface area contributed by atoms with Crippen LogP contribution in [-0.4, -0.2) is 12.7 Å². The Morgan fingerprint density at radius 2 is 1.65 bits per heavy atom. The maximum absolute atomic E-state index is 11.7. The molecule has 0 fully saturated rings. The van der Waals surface area contributed by atoms with Crippen LogP contribution in [0.25, 0.3) is 0 Å². The third-order valence-electron chi connectivity index (χ3n) is 2.44. The summed E-state index contributed by atoms with van der Waals surface area (Å²) in [6, 6.07) is 14.1. The minimum atomic E-state index is -0.531. The number of amides is 1. The second kappa shape index (κ2) is 6.96. The van der Waals surface area contributed by atoms with E-state index in [1.54, 1.807) is 48.5 Å². The van der Waals surface area contributed by atoms with Gasteiger partial charge in [0.25, 0.3) is 0 Å². The molecule has 0 aromatic heterocycles. The predicted octanol–water partition coefficient (Wildman–Crippen LogP) is 4.46. The monoisotopic (exact) mass is 335 g/mol. The van der Waals surface area contributed by atoms with Crippen LogP contribution in [0.1, 0.15) is 6.92 Å². The lowest BCUT2D eigenvalue weighted by Gasteiger charge is -2.08. The number of hydrogen-bond donors (Lipinski definition) is 1. The molecule has 0 atom stereocenters. The van der Waals surface area contributed by atoms with E-state index >= 15 is 0 Å². The van der Waals surface area contributed by atoms with Gasteiger partial charge < -0.3 is 9.47 Å². The van der Waals surface area contributed by atoms with Gasteiger partial charge in [-0.15, -0.1) is 0 Å². The Morgan fingerprint density at radius 1 is 1.05 bits per heavy atom. The normalized spacial score (nSPS) is 9.90. The van der Waals surface area contributed by atoms with Crippen LogP contribution in [0.5, 0.6) is 11.5 Å². The first kappa shape index (κ1) is 14.4. The maximum Gasteiger partial charge on any atom is 0.417 e. The van der Waals surface area contributed by atoms with Gasteiger partial charge >= 0.3 is 6.09 Å². The second-order valence-electron chi connectivity index (χ2n) is 3.93. The van der Waals surface area contributed by atoms with Crippen LogP contribution in [0.2, 0.25) is 0 Å². The quantitative estimate of drug-likeness (QED) is 0.897. The van der Waals surface area contributed by atoms with Crippen LogP contribution in [0, 0.1) is 0 Å². The molecule has 1 N–H and O–H groups in total. The largest absolute Gasteiger partial charge is 0.494 e. The van der Waals surface area contributed by atoms with Gasteiger partial charge in [0.05, 0.1) is 6.61 Å². The fourth-order valence-electron chi connectivity index (χ4n) is 1.55. The molecule has 0 bridgehead atoms. The minimum Gasteiger partial charge on any atom is -0.494 e. The molecule has 2 aromatic carbocycles. The Labute approximate surface area is 125 Å². The zero-order valence-electron chi connectivity index (χ0n) is 10.9. The number of hydrogen-bond acceptors (Lipinski definition) is 3. The third-order valence-corrected chi connectivity index (χ3v) is 2.96. The summed E-state index contributed by atoms with van der Waals surface area (Å²) in [5.41, 5.74) is 0.649. The Kier molecular flexibility index (Phi) is 5.01. The first-order valence-corrected chi connectivity index (χ1v) is 6.94. The highest BCUT2D eigenvalue weighted by Gasteiger charge is 2.05. The van der Waals surface area contributed by atoms with Crippen molar-refractivity contribution >= 4 is 27.7 Å². The molecule has 0 aliphatic carbocycles. The van der Waals surface area contributed by atoms with Gasteiger partial charge in [-0.2, -0.15) is 0 Å². The zero-order valence-corrected chi connectivity index (χ0v) is 12.5. The summed E-state index contributed by atoms with van der Waals surface area (Å²) in [6.07, 6.45) is -0.531. The average molecular weight is 336 g/mol. The van der Waals surface area contributed by atoms with Crippen molar-refractivity contribution in [1.82, 2.24) is 0 Å². The number of benzene rings is 2. The van der Waals surface area contributed by atoms with Crippen molar-refractivity contribution in [2.75, 3.05) is 11.9 Å². The van der Waals surface area contributed by atoms with Crippen molar-refractivity contribution in [3.05, 3.63) is 53.0 Å². The fourth-order valence-corrected chi connectivity index (χ4v) is 1.82. The van der Waals surface area contributed by atoms with Crippen molar-refractivity contribution < 1.29 is 14.3 Å². The lowest BCUT2D eigenvalue weighted by Crippen LogP contribution is -2.16. The summed E-state index contributed by atoms with van der Waals surface area (Å²) in [6.45, 7) is 2.53. The van der Waals surface area contributed by atoms with Gasteiger partial charge in [-0.25, -0.2) is 4.79 Å². The number of ether oxygens (including phenoxy) is 2. The maximum atomic E-state index is 11.7. The summed E-state index contributed by atoms with van der Waals surface area (Å²) in [7, 11) is 0. The van der Waals surface area contributed by atoms with Crippen LogP contribution in [0.4, 0.5) is 10.5 Å². The van der Waals surface area contributed by atoms with E-state index in [2.05, 4.69) is 21.2 Å². The number of nitrogens with one attached hydrogen (secondary N) is 1. The highest BCUT2D eigenvalue weighted by atomic mass is 79.9. The van der Waals surface area contributed by atoms with Crippen LogP contribution in [0.15, 0.2) is 53.0 Å². The topological polar surface area (TPSA) is 47.6 Å². The van der Waals surface area contributed by atoms with E-state index in [0.717, 1.165) is 10.2 Å². The fraction of sp³-hybridized carbons (Fsp3) is 0.133. The van der Waals surface area contributed by atoms with E-state index in [0.29, 0.717) is 18.0 Å². The van der Waals surface area contributed by atoms with Crippen LogP contribution < -0.4 is 14.8 Å². The smallest absolute Gasteiger partial charge is 0.417 e. The Morgan fingerprint density at radius 3 is 2.25 bits per heavy atom. The molecule has 0 spiro atoms. The van der Waals surface area contributed by atoms with Gasteiger partial charge in [-0.05, 0) is 55.5 Å². The molecule has 2 aromatic rings. The average Bonchev–Trinajstić information content (AvgIpc) is 2.44. The van der Waals surface area contributed by atoms with Crippen LogP contribution in [-0.2, 0) is 0 Å². The standard InChI is InChI=1S/C15H14BrNO3/c1-2-19-13-9-5-12(6-10-13)17-15(18)20-14-7-3-11(16)4-8-14/h3-10H,2H2,1H3,(H,17,18). The van der Waals surface area contributed by atoms with Gasteiger partial charge in [-0.1, -0.05) is 15.9 Å². The van der Waals surface area contributed by atoms with E-state index in [1.807, 2.05) is 6.92 Å². The number of carbonyl (C=O) groups is 1. The molecule has 4 nitrogen and oxygen atoms in total. The number of anilines is 1. The molecule has 1 amide bonds. The Bertz CT molecular complexity index is 567. The van der Waals surface area contributed by atoms with E-state index < -0.39 is 6.09 Å². The molecular formula is C15H14BrNO3. The van der Waals surface area contributed by atoms with Crippen molar-refractivity contribution in [2.24, 2.45) is 0 Å². The molecule has 2 rings (SSSR count). The van der Waals surface area contributed by atoms with E-state index in [4.69, 9.17) is 9.47 Å². The van der Waals surface area contributed by atoms with Gasteiger partial charge in [-0.3, -0.25) is 5.32 Å². The highest BCUT2D eigenvalue weighted by molar-refractivity contribution is 9.10. The summed E-state index contributed by atoms with van der Waals surface area (Å²) >= 11 is 3.32. The summed E-state index contributed by atoms with van der Waals surface area (Å²) in [5.74, 6) is 1.25. The number of halogens is 1. The Balaban J connectivity index is 1.92. The summed E-state index contributed by atoms with van der Waals surface area (Å²) < 4.78 is 11.4. The molecular weight excluding hydrogens is 322 g/mol. The Hall–Kier alpha value is -2.01. The molecule has 0 heterocycles. The van der Waals surface area contributed by atoms with Gasteiger partial charge in [0.15, 0.2) is 0 Å². The SMILES string of the molecule is CCOc1ccc(NC(=O)Oc2ccc(Br)cc2)cc1. The van der Waals surface area contributed by atoms with E-state index in [9.17, 15) is 4.79 Å².